The van der Waals surface area contributed by atoms with Gasteiger partial charge in [0.1, 0.15) is 0 Å². The van der Waals surface area contributed by atoms with Crippen LogP contribution in [0.4, 0.5) is 11.4 Å². The van der Waals surface area contributed by atoms with Crippen LogP contribution in [0.5, 0.6) is 0 Å². The molecule has 2 heteroatoms. The van der Waals surface area contributed by atoms with Crippen molar-refractivity contribution in [3.63, 3.8) is 0 Å². The van der Waals surface area contributed by atoms with Crippen LogP contribution >= 0.6 is 0 Å². The van der Waals surface area contributed by atoms with Gasteiger partial charge in [-0.1, -0.05) is 36.1 Å². The monoisotopic (exact) mass is 392 g/mol. The highest BCUT2D eigenvalue weighted by Gasteiger charge is 2.12. The molecule has 0 radical (unpaired) electrons. The smallest absolute Gasteiger partial charge is 0.0367 e. The predicted molar refractivity (Wildman–Crippen MR) is 127 cm³/mol. The summed E-state index contributed by atoms with van der Waals surface area (Å²) in [5.41, 5.74) is 7.28. The van der Waals surface area contributed by atoms with Gasteiger partial charge in [0.2, 0.25) is 0 Å². The molecule has 2 saturated heterocycles. The second kappa shape index (κ2) is 8.67. The Morgan fingerprint density at radius 1 is 0.433 bits per heavy atom. The molecule has 0 atom stereocenters. The Balaban J connectivity index is 1.25. The number of hydrogen-bond donors (Lipinski definition) is 0. The molecular weight excluding hydrogens is 364 g/mol. The van der Waals surface area contributed by atoms with Gasteiger partial charge < -0.3 is 9.80 Å². The zero-order valence-corrected chi connectivity index (χ0v) is 17.5. The standard InChI is InChI=1S/C28H28N2/c1-2-20-29(19-1)27-15-9-24(10-16-27)6-5-23-7-11-25(12-8-23)26-13-17-28(18-14-26)30-21-3-4-22-30/h7-18H,1-4,19-22H2. The molecule has 150 valence electrons. The minimum absolute atomic E-state index is 1.05. The van der Waals surface area contributed by atoms with Crippen molar-refractivity contribution >= 4 is 11.4 Å². The molecule has 2 heterocycles. The van der Waals surface area contributed by atoms with E-state index < -0.39 is 0 Å². The highest BCUT2D eigenvalue weighted by molar-refractivity contribution is 5.67. The Kier molecular flexibility index (Phi) is 5.44. The van der Waals surface area contributed by atoms with E-state index in [1.165, 1.54) is 74.4 Å². The molecule has 5 rings (SSSR count). The highest BCUT2D eigenvalue weighted by Crippen LogP contribution is 2.25. The second-order valence-electron chi connectivity index (χ2n) is 8.31. The summed E-state index contributed by atoms with van der Waals surface area (Å²) in [6.45, 7) is 4.73. The van der Waals surface area contributed by atoms with E-state index in [1.54, 1.807) is 0 Å². The SMILES string of the molecule is C(#Cc1ccc(N2CCCC2)cc1)c1ccc(-c2ccc(N3CCCC3)cc2)cc1. The first-order valence-corrected chi connectivity index (χ1v) is 11.2. The topological polar surface area (TPSA) is 6.48 Å². The first kappa shape index (κ1) is 18.8. The van der Waals surface area contributed by atoms with Crippen molar-refractivity contribution < 1.29 is 0 Å². The summed E-state index contributed by atoms with van der Waals surface area (Å²) in [6, 6.07) is 26.2. The van der Waals surface area contributed by atoms with Crippen LogP contribution in [-0.2, 0) is 0 Å². The van der Waals surface area contributed by atoms with E-state index >= 15 is 0 Å². The summed E-state index contributed by atoms with van der Waals surface area (Å²) < 4.78 is 0. The largest absolute Gasteiger partial charge is 0.372 e. The van der Waals surface area contributed by atoms with Gasteiger partial charge in [-0.05, 0) is 85.3 Å². The fraction of sp³-hybridized carbons (Fsp3) is 0.286. The number of nitrogens with zero attached hydrogens (tertiary/aromatic N) is 2. The average Bonchev–Trinajstić information content (AvgIpc) is 3.53. The summed E-state index contributed by atoms with van der Waals surface area (Å²) in [6.07, 6.45) is 5.24. The van der Waals surface area contributed by atoms with E-state index in [2.05, 4.69) is 94.4 Å². The first-order valence-electron chi connectivity index (χ1n) is 11.2. The molecule has 0 bridgehead atoms. The van der Waals surface area contributed by atoms with Gasteiger partial charge in [0.05, 0.1) is 0 Å². The lowest BCUT2D eigenvalue weighted by molar-refractivity contribution is 0.949. The molecule has 0 unspecified atom stereocenters. The Bertz CT molecular complexity index is 1030. The normalized spacial score (nSPS) is 15.9. The highest BCUT2D eigenvalue weighted by atomic mass is 15.1. The Hall–Kier alpha value is -3.18. The average molecular weight is 393 g/mol. The Morgan fingerprint density at radius 2 is 0.767 bits per heavy atom. The molecule has 30 heavy (non-hydrogen) atoms. The van der Waals surface area contributed by atoms with E-state index in [0.717, 1.165) is 11.1 Å². The minimum Gasteiger partial charge on any atom is -0.372 e. The maximum Gasteiger partial charge on any atom is 0.0367 e. The molecule has 3 aromatic rings. The van der Waals surface area contributed by atoms with Gasteiger partial charge in [-0.15, -0.1) is 0 Å². The fourth-order valence-corrected chi connectivity index (χ4v) is 4.46. The molecule has 0 aliphatic carbocycles. The lowest BCUT2D eigenvalue weighted by atomic mass is 10.0. The van der Waals surface area contributed by atoms with Crippen LogP contribution in [0.1, 0.15) is 36.8 Å². The predicted octanol–water partition coefficient (Wildman–Crippen LogP) is 5.95. The van der Waals surface area contributed by atoms with Gasteiger partial charge in [-0.2, -0.15) is 0 Å². The summed E-state index contributed by atoms with van der Waals surface area (Å²) in [7, 11) is 0. The van der Waals surface area contributed by atoms with Crippen LogP contribution in [0.25, 0.3) is 11.1 Å². The maximum absolute atomic E-state index is 3.30. The molecule has 2 nitrogen and oxygen atoms in total. The molecule has 0 saturated carbocycles. The van der Waals surface area contributed by atoms with Crippen LogP contribution in [0, 0.1) is 11.8 Å². The molecule has 0 aromatic heterocycles. The summed E-state index contributed by atoms with van der Waals surface area (Å²) in [4.78, 5) is 4.92. The fourth-order valence-electron chi connectivity index (χ4n) is 4.46. The molecule has 0 amide bonds. The van der Waals surface area contributed by atoms with E-state index in [0.29, 0.717) is 0 Å². The van der Waals surface area contributed by atoms with Crippen LogP contribution in [0.3, 0.4) is 0 Å². The van der Waals surface area contributed by atoms with Crippen molar-refractivity contribution in [2.24, 2.45) is 0 Å². The Morgan fingerprint density at radius 3 is 1.20 bits per heavy atom. The van der Waals surface area contributed by atoms with Gasteiger partial charge in [0, 0.05) is 48.7 Å². The van der Waals surface area contributed by atoms with Gasteiger partial charge in [-0.25, -0.2) is 0 Å². The number of rotatable bonds is 3. The minimum atomic E-state index is 1.05. The van der Waals surface area contributed by atoms with Crippen molar-refractivity contribution in [3.8, 4) is 23.0 Å². The lowest BCUT2D eigenvalue weighted by Crippen LogP contribution is -2.17. The first-order chi connectivity index (χ1) is 14.8. The molecule has 2 fully saturated rings. The van der Waals surface area contributed by atoms with Crippen molar-refractivity contribution in [2.75, 3.05) is 36.0 Å². The third kappa shape index (κ3) is 4.21. The van der Waals surface area contributed by atoms with Gasteiger partial charge in [0.15, 0.2) is 0 Å². The summed E-state index contributed by atoms with van der Waals surface area (Å²) in [5, 5.41) is 0. The van der Waals surface area contributed by atoms with Crippen molar-refractivity contribution in [1.29, 1.82) is 0 Å². The molecule has 2 aliphatic heterocycles. The van der Waals surface area contributed by atoms with E-state index in [-0.39, 0.29) is 0 Å². The zero-order chi connectivity index (χ0) is 20.2. The number of anilines is 2. The summed E-state index contributed by atoms with van der Waals surface area (Å²) in [5.74, 6) is 6.61. The van der Waals surface area contributed by atoms with Gasteiger partial charge in [-0.3, -0.25) is 0 Å². The maximum atomic E-state index is 3.30. The Labute approximate surface area is 180 Å². The van der Waals surface area contributed by atoms with E-state index in [1.807, 2.05) is 0 Å². The van der Waals surface area contributed by atoms with Gasteiger partial charge in [0.25, 0.3) is 0 Å². The zero-order valence-electron chi connectivity index (χ0n) is 17.5. The van der Waals surface area contributed by atoms with Crippen molar-refractivity contribution in [1.82, 2.24) is 0 Å². The van der Waals surface area contributed by atoms with Crippen LogP contribution in [0.15, 0.2) is 72.8 Å². The molecule has 3 aromatic carbocycles. The molecule has 0 spiro atoms. The van der Waals surface area contributed by atoms with Gasteiger partial charge >= 0.3 is 0 Å². The van der Waals surface area contributed by atoms with Crippen molar-refractivity contribution in [3.05, 3.63) is 83.9 Å². The van der Waals surface area contributed by atoms with E-state index in [4.69, 9.17) is 0 Å². The molecule has 0 N–H and O–H groups in total. The van der Waals surface area contributed by atoms with Crippen LogP contribution in [-0.4, -0.2) is 26.2 Å². The number of hydrogen-bond acceptors (Lipinski definition) is 2. The quantitative estimate of drug-likeness (QED) is 0.508. The van der Waals surface area contributed by atoms with E-state index in [9.17, 15) is 0 Å². The molecular formula is C28H28N2. The number of benzene rings is 3. The van der Waals surface area contributed by atoms with Crippen LogP contribution < -0.4 is 9.80 Å². The second-order valence-corrected chi connectivity index (χ2v) is 8.31. The van der Waals surface area contributed by atoms with Crippen LogP contribution in [0.2, 0.25) is 0 Å². The third-order valence-electron chi connectivity index (χ3n) is 6.25. The van der Waals surface area contributed by atoms with Crippen molar-refractivity contribution in [2.45, 2.75) is 25.7 Å². The molecule has 2 aliphatic rings. The lowest BCUT2D eigenvalue weighted by Gasteiger charge is -2.17. The summed E-state index contributed by atoms with van der Waals surface area (Å²) >= 11 is 0. The third-order valence-corrected chi connectivity index (χ3v) is 6.25.